The molecule has 1 unspecified atom stereocenters. The Morgan fingerprint density at radius 2 is 2.11 bits per heavy atom. The van der Waals surface area contributed by atoms with Crippen molar-refractivity contribution in [2.45, 2.75) is 59.4 Å². The average molecular weight is 263 g/mol. The Hall–Kier alpha value is -0.830. The lowest BCUT2D eigenvalue weighted by Gasteiger charge is -2.22. The Kier molecular flexibility index (Phi) is 4.34. The number of aryl methyl sites for hydroxylation is 1. The van der Waals surface area contributed by atoms with Gasteiger partial charge in [-0.3, -0.25) is 4.68 Å². The van der Waals surface area contributed by atoms with Crippen LogP contribution >= 0.6 is 0 Å². The van der Waals surface area contributed by atoms with E-state index in [1.165, 1.54) is 38.2 Å². The second kappa shape index (κ2) is 5.66. The van der Waals surface area contributed by atoms with Crippen LogP contribution in [-0.4, -0.2) is 34.3 Å². The van der Waals surface area contributed by atoms with Gasteiger partial charge in [0.05, 0.1) is 5.69 Å². The summed E-state index contributed by atoms with van der Waals surface area (Å²) in [5.74, 6) is 0.770. The van der Waals surface area contributed by atoms with Crippen LogP contribution < -0.4 is 0 Å². The highest BCUT2D eigenvalue weighted by Gasteiger charge is 2.25. The third kappa shape index (κ3) is 3.59. The van der Waals surface area contributed by atoms with Crippen LogP contribution in [0.1, 0.15) is 51.9 Å². The molecule has 1 aliphatic rings. The molecular formula is C16H29N3. The van der Waals surface area contributed by atoms with Crippen LogP contribution in [0, 0.1) is 12.8 Å². The van der Waals surface area contributed by atoms with E-state index in [1.807, 2.05) is 0 Å². The van der Waals surface area contributed by atoms with Crippen LogP contribution in [0.4, 0.5) is 0 Å². The zero-order chi connectivity index (χ0) is 14.0. The highest BCUT2D eigenvalue weighted by atomic mass is 15.3. The van der Waals surface area contributed by atoms with Crippen LogP contribution in [-0.2, 0) is 12.0 Å². The maximum Gasteiger partial charge on any atom is 0.0596 e. The van der Waals surface area contributed by atoms with E-state index < -0.39 is 0 Å². The third-order valence-electron chi connectivity index (χ3n) is 4.01. The lowest BCUT2D eigenvalue weighted by Crippen LogP contribution is -2.25. The van der Waals surface area contributed by atoms with E-state index in [1.54, 1.807) is 0 Å². The van der Waals surface area contributed by atoms with Crippen molar-refractivity contribution < 1.29 is 0 Å². The first-order valence-corrected chi connectivity index (χ1v) is 7.67. The zero-order valence-corrected chi connectivity index (χ0v) is 13.2. The van der Waals surface area contributed by atoms with E-state index in [9.17, 15) is 0 Å². The molecule has 0 bridgehead atoms. The summed E-state index contributed by atoms with van der Waals surface area (Å²) < 4.78 is 2.26. The van der Waals surface area contributed by atoms with Gasteiger partial charge in [0.2, 0.25) is 0 Å². The summed E-state index contributed by atoms with van der Waals surface area (Å²) in [6, 6.07) is 2.25. The molecule has 1 aromatic rings. The summed E-state index contributed by atoms with van der Waals surface area (Å²) in [7, 11) is 0. The molecule has 0 amide bonds. The first kappa shape index (κ1) is 14.6. The fourth-order valence-electron chi connectivity index (χ4n) is 3.11. The summed E-state index contributed by atoms with van der Waals surface area (Å²) in [4.78, 5) is 2.60. The molecule has 3 heteroatoms. The normalized spacial score (nSPS) is 21.2. The lowest BCUT2D eigenvalue weighted by atomic mass is 9.91. The van der Waals surface area contributed by atoms with Crippen LogP contribution in [0.5, 0.6) is 0 Å². The van der Waals surface area contributed by atoms with E-state index in [0.717, 1.165) is 18.2 Å². The molecule has 0 radical (unpaired) electrons. The predicted molar refractivity (Wildman–Crippen MR) is 80.5 cm³/mol. The van der Waals surface area contributed by atoms with Crippen molar-refractivity contribution in [3.05, 3.63) is 17.5 Å². The van der Waals surface area contributed by atoms with E-state index in [2.05, 4.69) is 50.3 Å². The second-order valence-electron chi connectivity index (χ2n) is 7.06. The fourth-order valence-corrected chi connectivity index (χ4v) is 3.11. The van der Waals surface area contributed by atoms with Crippen molar-refractivity contribution >= 4 is 0 Å². The van der Waals surface area contributed by atoms with Gasteiger partial charge in [-0.25, -0.2) is 0 Å². The summed E-state index contributed by atoms with van der Waals surface area (Å²) in [6.45, 7) is 16.0. The van der Waals surface area contributed by atoms with Gasteiger partial charge >= 0.3 is 0 Å². The minimum absolute atomic E-state index is 0.184. The number of aromatic nitrogens is 2. The van der Waals surface area contributed by atoms with Crippen molar-refractivity contribution in [1.29, 1.82) is 0 Å². The minimum Gasteiger partial charge on any atom is -0.303 e. The number of likely N-dealkylation sites (tertiary alicyclic amines) is 1. The number of hydrogen-bond donors (Lipinski definition) is 0. The van der Waals surface area contributed by atoms with Crippen LogP contribution in [0.2, 0.25) is 0 Å². The highest BCUT2D eigenvalue weighted by molar-refractivity contribution is 5.17. The first-order valence-electron chi connectivity index (χ1n) is 7.67. The maximum atomic E-state index is 4.71. The van der Waals surface area contributed by atoms with E-state index in [0.29, 0.717) is 0 Å². The largest absolute Gasteiger partial charge is 0.303 e. The summed E-state index contributed by atoms with van der Waals surface area (Å²) in [6.07, 6.45) is 2.59. The molecule has 0 aromatic carbocycles. The van der Waals surface area contributed by atoms with Crippen molar-refractivity contribution in [3.8, 4) is 0 Å². The van der Waals surface area contributed by atoms with E-state index in [-0.39, 0.29) is 5.41 Å². The maximum absolute atomic E-state index is 4.71. The van der Waals surface area contributed by atoms with Gasteiger partial charge in [-0.15, -0.1) is 0 Å². The SMILES string of the molecule is CCCN1CCC(Cn2nc(C)cc2C(C)(C)C)C1. The molecule has 0 spiro atoms. The average Bonchev–Trinajstić information content (AvgIpc) is 2.86. The standard InChI is InChI=1S/C16H29N3/c1-6-8-18-9-7-14(11-18)12-19-15(16(3,4)5)10-13(2)17-19/h10,14H,6-9,11-12H2,1-5H3. The van der Waals surface area contributed by atoms with Crippen molar-refractivity contribution in [1.82, 2.24) is 14.7 Å². The molecule has 1 aromatic heterocycles. The topological polar surface area (TPSA) is 21.1 Å². The first-order chi connectivity index (χ1) is 8.90. The van der Waals surface area contributed by atoms with Crippen LogP contribution in [0.25, 0.3) is 0 Å². The smallest absolute Gasteiger partial charge is 0.0596 e. The Bertz CT molecular complexity index is 414. The highest BCUT2D eigenvalue weighted by Crippen LogP contribution is 2.25. The molecule has 108 valence electrons. The van der Waals surface area contributed by atoms with E-state index >= 15 is 0 Å². The van der Waals surface area contributed by atoms with Gasteiger partial charge in [0, 0.05) is 24.2 Å². The molecule has 0 saturated carbocycles. The molecule has 1 aliphatic heterocycles. The molecular weight excluding hydrogens is 234 g/mol. The molecule has 1 atom stereocenters. The van der Waals surface area contributed by atoms with Gasteiger partial charge in [0.15, 0.2) is 0 Å². The van der Waals surface area contributed by atoms with Crippen molar-refractivity contribution in [3.63, 3.8) is 0 Å². The van der Waals surface area contributed by atoms with Crippen LogP contribution in [0.3, 0.4) is 0 Å². The van der Waals surface area contributed by atoms with Gasteiger partial charge in [-0.05, 0) is 44.8 Å². The molecule has 1 saturated heterocycles. The predicted octanol–water partition coefficient (Wildman–Crippen LogP) is 3.22. The number of hydrogen-bond acceptors (Lipinski definition) is 2. The monoisotopic (exact) mass is 263 g/mol. The number of rotatable bonds is 4. The lowest BCUT2D eigenvalue weighted by molar-refractivity contribution is 0.310. The van der Waals surface area contributed by atoms with Crippen molar-refractivity contribution in [2.24, 2.45) is 5.92 Å². The molecule has 2 rings (SSSR count). The molecule has 0 aliphatic carbocycles. The molecule has 1 fully saturated rings. The molecule has 0 N–H and O–H groups in total. The summed E-state index contributed by atoms with van der Waals surface area (Å²) in [5, 5.41) is 4.71. The van der Waals surface area contributed by atoms with Gasteiger partial charge in [0.25, 0.3) is 0 Å². The minimum atomic E-state index is 0.184. The second-order valence-corrected chi connectivity index (χ2v) is 7.06. The molecule has 2 heterocycles. The molecule has 19 heavy (non-hydrogen) atoms. The Labute approximate surface area is 118 Å². The Balaban J connectivity index is 2.04. The Morgan fingerprint density at radius 1 is 1.37 bits per heavy atom. The fraction of sp³-hybridized carbons (Fsp3) is 0.812. The van der Waals surface area contributed by atoms with E-state index in [4.69, 9.17) is 5.10 Å². The van der Waals surface area contributed by atoms with Crippen LogP contribution in [0.15, 0.2) is 6.07 Å². The van der Waals surface area contributed by atoms with Gasteiger partial charge in [-0.2, -0.15) is 5.10 Å². The number of nitrogens with zero attached hydrogens (tertiary/aromatic N) is 3. The summed E-state index contributed by atoms with van der Waals surface area (Å²) in [5.41, 5.74) is 2.70. The van der Waals surface area contributed by atoms with Gasteiger partial charge in [0.1, 0.15) is 0 Å². The van der Waals surface area contributed by atoms with Gasteiger partial charge in [-0.1, -0.05) is 27.7 Å². The summed E-state index contributed by atoms with van der Waals surface area (Å²) >= 11 is 0. The Morgan fingerprint density at radius 3 is 2.74 bits per heavy atom. The third-order valence-corrected chi connectivity index (χ3v) is 4.01. The van der Waals surface area contributed by atoms with Crippen molar-refractivity contribution in [2.75, 3.05) is 19.6 Å². The molecule has 3 nitrogen and oxygen atoms in total. The zero-order valence-electron chi connectivity index (χ0n) is 13.2. The van der Waals surface area contributed by atoms with Gasteiger partial charge < -0.3 is 4.90 Å². The quantitative estimate of drug-likeness (QED) is 0.831.